The molecule has 13 heavy (non-hydrogen) atoms. The molecule has 1 aliphatic rings. The van der Waals surface area contributed by atoms with Gasteiger partial charge in [0.25, 0.3) is 0 Å². The van der Waals surface area contributed by atoms with E-state index in [1.165, 1.54) is 0 Å². The molecular weight excluding hydrogens is 166 g/mol. The Morgan fingerprint density at radius 2 is 2.23 bits per heavy atom. The second-order valence-electron chi connectivity index (χ2n) is 2.83. The standard InChI is InChI=1S/C10H9NO2/c12-11-9-5-2-1-4-8(9)10-6-3-7-13-10/h1-6,10H,7H2/t10-/m0/s1. The fraction of sp³-hybridized carbons (Fsp3) is 0.200. The molecular formula is C10H9NO2. The lowest BCUT2D eigenvalue weighted by atomic mass is 10.1. The number of rotatable bonds is 2. The van der Waals surface area contributed by atoms with Gasteiger partial charge in [-0.3, -0.25) is 0 Å². The second kappa shape index (κ2) is 3.49. The summed E-state index contributed by atoms with van der Waals surface area (Å²) in [6, 6.07) is 7.22. The minimum atomic E-state index is -0.103. The van der Waals surface area contributed by atoms with Gasteiger partial charge in [0.15, 0.2) is 0 Å². The molecule has 1 aromatic carbocycles. The summed E-state index contributed by atoms with van der Waals surface area (Å²) in [5, 5.41) is 2.95. The van der Waals surface area contributed by atoms with Crippen LogP contribution in [0.1, 0.15) is 11.7 Å². The Morgan fingerprint density at radius 1 is 1.38 bits per heavy atom. The highest BCUT2D eigenvalue weighted by Crippen LogP contribution is 2.30. The fourth-order valence-electron chi connectivity index (χ4n) is 1.40. The van der Waals surface area contributed by atoms with Crippen LogP contribution in [0.4, 0.5) is 5.69 Å². The largest absolute Gasteiger partial charge is 0.365 e. The first-order valence-corrected chi connectivity index (χ1v) is 4.12. The van der Waals surface area contributed by atoms with Crippen LogP contribution in [0.25, 0.3) is 0 Å². The summed E-state index contributed by atoms with van der Waals surface area (Å²) in [7, 11) is 0. The number of nitrogens with zero attached hydrogens (tertiary/aromatic N) is 1. The topological polar surface area (TPSA) is 38.7 Å². The zero-order chi connectivity index (χ0) is 9.10. The first-order chi connectivity index (χ1) is 6.42. The van der Waals surface area contributed by atoms with Crippen molar-refractivity contribution in [2.45, 2.75) is 6.10 Å². The van der Waals surface area contributed by atoms with Crippen LogP contribution in [0, 0.1) is 4.91 Å². The Labute approximate surface area is 76.0 Å². The molecule has 0 fully saturated rings. The predicted octanol–water partition coefficient (Wildman–Crippen LogP) is 2.71. The van der Waals surface area contributed by atoms with Crippen molar-refractivity contribution in [2.75, 3.05) is 6.61 Å². The maximum Gasteiger partial charge on any atom is 0.114 e. The smallest absolute Gasteiger partial charge is 0.114 e. The number of ether oxygens (including phenoxy) is 1. The Hall–Kier alpha value is -1.48. The van der Waals surface area contributed by atoms with Crippen LogP contribution >= 0.6 is 0 Å². The van der Waals surface area contributed by atoms with Crippen LogP contribution in [0.5, 0.6) is 0 Å². The Morgan fingerprint density at radius 3 is 2.92 bits per heavy atom. The van der Waals surface area contributed by atoms with Crippen LogP contribution in [0.15, 0.2) is 41.6 Å². The van der Waals surface area contributed by atoms with Gasteiger partial charge in [-0.05, 0) is 11.2 Å². The van der Waals surface area contributed by atoms with E-state index in [1.807, 2.05) is 24.3 Å². The summed E-state index contributed by atoms with van der Waals surface area (Å²) >= 11 is 0. The summed E-state index contributed by atoms with van der Waals surface area (Å²) in [5.41, 5.74) is 1.30. The highest BCUT2D eigenvalue weighted by Gasteiger charge is 2.15. The molecule has 2 rings (SSSR count). The summed E-state index contributed by atoms with van der Waals surface area (Å²) in [6.07, 6.45) is 3.77. The Kier molecular flexibility index (Phi) is 2.19. The predicted molar refractivity (Wildman–Crippen MR) is 49.7 cm³/mol. The fourth-order valence-corrected chi connectivity index (χ4v) is 1.40. The monoisotopic (exact) mass is 175 g/mol. The zero-order valence-electron chi connectivity index (χ0n) is 7.01. The molecule has 0 aromatic heterocycles. The van der Waals surface area contributed by atoms with Crippen LogP contribution < -0.4 is 0 Å². The minimum absolute atomic E-state index is 0.103. The van der Waals surface area contributed by atoms with E-state index in [4.69, 9.17) is 4.74 Å². The van der Waals surface area contributed by atoms with Crippen LogP contribution in [-0.2, 0) is 4.74 Å². The van der Waals surface area contributed by atoms with E-state index in [-0.39, 0.29) is 6.10 Å². The maximum atomic E-state index is 10.5. The molecule has 0 bridgehead atoms. The molecule has 0 aliphatic carbocycles. The average Bonchev–Trinajstić information content (AvgIpc) is 2.70. The summed E-state index contributed by atoms with van der Waals surface area (Å²) < 4.78 is 5.37. The van der Waals surface area contributed by atoms with Gasteiger partial charge in [0.2, 0.25) is 0 Å². The average molecular weight is 175 g/mol. The summed E-state index contributed by atoms with van der Waals surface area (Å²) in [4.78, 5) is 10.5. The zero-order valence-corrected chi connectivity index (χ0v) is 7.01. The van der Waals surface area contributed by atoms with Gasteiger partial charge in [0.1, 0.15) is 11.8 Å². The first-order valence-electron chi connectivity index (χ1n) is 4.12. The molecule has 0 spiro atoms. The van der Waals surface area contributed by atoms with Crippen molar-refractivity contribution in [1.29, 1.82) is 0 Å². The second-order valence-corrected chi connectivity index (χ2v) is 2.83. The van der Waals surface area contributed by atoms with Gasteiger partial charge < -0.3 is 4.74 Å². The maximum absolute atomic E-state index is 10.5. The molecule has 0 unspecified atom stereocenters. The van der Waals surface area contributed by atoms with Crippen LogP contribution in [-0.4, -0.2) is 6.61 Å². The Balaban J connectivity index is 2.37. The van der Waals surface area contributed by atoms with E-state index in [0.717, 1.165) is 5.56 Å². The minimum Gasteiger partial charge on any atom is -0.365 e. The molecule has 0 N–H and O–H groups in total. The molecule has 1 heterocycles. The van der Waals surface area contributed by atoms with Gasteiger partial charge in [0, 0.05) is 5.56 Å². The molecule has 1 aliphatic heterocycles. The number of hydrogen-bond acceptors (Lipinski definition) is 3. The molecule has 66 valence electrons. The molecule has 3 nitrogen and oxygen atoms in total. The van der Waals surface area contributed by atoms with Gasteiger partial charge >= 0.3 is 0 Å². The first kappa shape index (κ1) is 8.13. The SMILES string of the molecule is O=Nc1ccccc1[C@@H]1C=CCO1. The van der Waals surface area contributed by atoms with Crippen LogP contribution in [0.3, 0.4) is 0 Å². The van der Waals surface area contributed by atoms with Crippen molar-refractivity contribution in [3.8, 4) is 0 Å². The molecule has 1 atom stereocenters. The highest BCUT2D eigenvalue weighted by molar-refractivity contribution is 5.48. The van der Waals surface area contributed by atoms with Gasteiger partial charge in [-0.15, -0.1) is 4.91 Å². The third kappa shape index (κ3) is 1.51. The molecule has 3 heteroatoms. The molecule has 0 saturated heterocycles. The lowest BCUT2D eigenvalue weighted by Crippen LogP contribution is -1.95. The summed E-state index contributed by atoms with van der Waals surface area (Å²) in [5.74, 6) is 0. The van der Waals surface area contributed by atoms with E-state index in [9.17, 15) is 4.91 Å². The van der Waals surface area contributed by atoms with Crippen molar-refractivity contribution in [2.24, 2.45) is 5.18 Å². The number of hydrogen-bond donors (Lipinski definition) is 0. The van der Waals surface area contributed by atoms with Crippen molar-refractivity contribution >= 4 is 5.69 Å². The van der Waals surface area contributed by atoms with Gasteiger partial charge in [0.05, 0.1) is 6.61 Å². The van der Waals surface area contributed by atoms with Crippen molar-refractivity contribution in [1.82, 2.24) is 0 Å². The van der Waals surface area contributed by atoms with E-state index in [2.05, 4.69) is 5.18 Å². The normalized spacial score (nSPS) is 20.5. The molecule has 0 amide bonds. The van der Waals surface area contributed by atoms with E-state index in [1.54, 1.807) is 12.1 Å². The Bertz CT molecular complexity index is 347. The molecule has 0 saturated carbocycles. The van der Waals surface area contributed by atoms with E-state index >= 15 is 0 Å². The third-order valence-corrected chi connectivity index (χ3v) is 2.02. The number of nitroso groups, excluding NO2 is 1. The van der Waals surface area contributed by atoms with Crippen molar-refractivity contribution < 1.29 is 4.74 Å². The van der Waals surface area contributed by atoms with E-state index < -0.39 is 0 Å². The number of benzene rings is 1. The lowest BCUT2D eigenvalue weighted by molar-refractivity contribution is 0.130. The van der Waals surface area contributed by atoms with Gasteiger partial charge in [-0.25, -0.2) is 0 Å². The van der Waals surface area contributed by atoms with Crippen molar-refractivity contribution in [3.63, 3.8) is 0 Å². The van der Waals surface area contributed by atoms with Gasteiger partial charge in [-0.2, -0.15) is 0 Å². The molecule has 0 radical (unpaired) electrons. The van der Waals surface area contributed by atoms with Crippen molar-refractivity contribution in [3.05, 3.63) is 46.9 Å². The summed E-state index contributed by atoms with van der Waals surface area (Å²) in [6.45, 7) is 0.609. The van der Waals surface area contributed by atoms with Gasteiger partial charge in [-0.1, -0.05) is 30.4 Å². The third-order valence-electron chi connectivity index (χ3n) is 2.02. The van der Waals surface area contributed by atoms with E-state index in [0.29, 0.717) is 12.3 Å². The molecule has 1 aromatic rings. The lowest BCUT2D eigenvalue weighted by Gasteiger charge is -2.09. The van der Waals surface area contributed by atoms with Crippen LogP contribution in [0.2, 0.25) is 0 Å². The highest BCUT2D eigenvalue weighted by atomic mass is 16.5. The quantitative estimate of drug-likeness (QED) is 0.512.